The minimum atomic E-state index is -0.125. The van der Waals surface area contributed by atoms with Gasteiger partial charge in [-0.25, -0.2) is 0 Å². The summed E-state index contributed by atoms with van der Waals surface area (Å²) in [6, 6.07) is 0. The van der Waals surface area contributed by atoms with Crippen molar-refractivity contribution in [2.45, 2.75) is 39.5 Å². The van der Waals surface area contributed by atoms with Crippen LogP contribution in [0.25, 0.3) is 0 Å². The largest absolute Gasteiger partial charge is 0.306 e. The Balaban J connectivity index is 2.40. The zero-order valence-electron chi connectivity index (χ0n) is 12.6. The summed E-state index contributed by atoms with van der Waals surface area (Å²) < 4.78 is 0. The Hall–Kier alpha value is -0.410. The van der Waals surface area contributed by atoms with Crippen LogP contribution < -0.4 is 0 Å². The van der Waals surface area contributed by atoms with Crippen LogP contribution in [-0.4, -0.2) is 56.4 Å². The van der Waals surface area contributed by atoms with E-state index >= 15 is 0 Å². The summed E-state index contributed by atoms with van der Waals surface area (Å²) in [6.07, 6.45) is 5.67. The highest BCUT2D eigenvalue weighted by atomic mass is 16.1. The van der Waals surface area contributed by atoms with Crippen molar-refractivity contribution >= 4 is 6.29 Å². The molecule has 0 amide bonds. The van der Waals surface area contributed by atoms with Gasteiger partial charge in [0.2, 0.25) is 0 Å². The summed E-state index contributed by atoms with van der Waals surface area (Å²) in [4.78, 5) is 16.1. The van der Waals surface area contributed by atoms with Crippen molar-refractivity contribution in [2.75, 3.05) is 40.3 Å². The van der Waals surface area contributed by atoms with Crippen LogP contribution in [0.5, 0.6) is 0 Å². The van der Waals surface area contributed by atoms with Gasteiger partial charge in [0.25, 0.3) is 0 Å². The summed E-state index contributed by atoms with van der Waals surface area (Å²) in [6.45, 7) is 8.75. The van der Waals surface area contributed by atoms with Crippen LogP contribution in [0.4, 0.5) is 0 Å². The maximum absolute atomic E-state index is 11.3. The molecule has 0 aliphatic carbocycles. The molecule has 0 atom stereocenters. The van der Waals surface area contributed by atoms with Crippen molar-refractivity contribution in [3.8, 4) is 0 Å². The van der Waals surface area contributed by atoms with Gasteiger partial charge in [0, 0.05) is 18.5 Å². The predicted molar refractivity (Wildman–Crippen MR) is 76.8 cm³/mol. The van der Waals surface area contributed by atoms with Gasteiger partial charge in [-0.2, -0.15) is 0 Å². The van der Waals surface area contributed by atoms with Gasteiger partial charge in [0.15, 0.2) is 0 Å². The van der Waals surface area contributed by atoms with Crippen molar-refractivity contribution in [2.24, 2.45) is 11.3 Å². The number of hydrogen-bond acceptors (Lipinski definition) is 3. The number of nitrogens with zero attached hydrogens (tertiary/aromatic N) is 2. The Labute approximate surface area is 113 Å². The molecule has 0 saturated carbocycles. The molecule has 0 N–H and O–H groups in total. The van der Waals surface area contributed by atoms with Crippen molar-refractivity contribution in [1.29, 1.82) is 0 Å². The molecule has 0 bridgehead atoms. The van der Waals surface area contributed by atoms with E-state index in [4.69, 9.17) is 0 Å². The first-order valence-electron chi connectivity index (χ1n) is 7.38. The summed E-state index contributed by atoms with van der Waals surface area (Å²) in [5.41, 5.74) is -0.125. The van der Waals surface area contributed by atoms with Crippen LogP contribution in [0.15, 0.2) is 0 Å². The van der Waals surface area contributed by atoms with Gasteiger partial charge in [-0.3, -0.25) is 0 Å². The minimum absolute atomic E-state index is 0.125. The molecule has 18 heavy (non-hydrogen) atoms. The zero-order chi connectivity index (χ0) is 13.6. The highest BCUT2D eigenvalue weighted by Gasteiger charge is 2.28. The summed E-state index contributed by atoms with van der Waals surface area (Å²) in [7, 11) is 4.37. The van der Waals surface area contributed by atoms with Crippen LogP contribution in [0.2, 0.25) is 0 Å². The number of aldehydes is 1. The van der Waals surface area contributed by atoms with E-state index < -0.39 is 0 Å². The van der Waals surface area contributed by atoms with E-state index in [1.165, 1.54) is 32.2 Å². The van der Waals surface area contributed by atoms with E-state index in [0.717, 1.165) is 31.8 Å². The Morgan fingerprint density at radius 2 is 1.83 bits per heavy atom. The molecular weight excluding hydrogens is 224 g/mol. The van der Waals surface area contributed by atoms with Gasteiger partial charge in [0.05, 0.1) is 0 Å². The third kappa shape index (κ3) is 4.36. The number of carbonyl (C=O) groups excluding carboxylic acids is 1. The second kappa shape index (κ2) is 7.25. The topological polar surface area (TPSA) is 23.6 Å². The monoisotopic (exact) mass is 254 g/mol. The van der Waals surface area contributed by atoms with Crippen molar-refractivity contribution < 1.29 is 4.79 Å². The van der Waals surface area contributed by atoms with Gasteiger partial charge < -0.3 is 14.6 Å². The second-order valence-electron chi connectivity index (χ2n) is 6.13. The van der Waals surface area contributed by atoms with Crippen molar-refractivity contribution in [3.63, 3.8) is 0 Å². The molecule has 1 fully saturated rings. The highest BCUT2D eigenvalue weighted by Crippen LogP contribution is 2.25. The average molecular weight is 254 g/mol. The molecule has 1 heterocycles. The lowest BCUT2D eigenvalue weighted by Gasteiger charge is -2.35. The molecule has 0 aromatic rings. The van der Waals surface area contributed by atoms with Crippen molar-refractivity contribution in [3.05, 3.63) is 0 Å². The van der Waals surface area contributed by atoms with E-state index in [2.05, 4.69) is 37.7 Å². The average Bonchev–Trinajstić information content (AvgIpc) is 2.39. The smallest absolute Gasteiger partial charge is 0.127 e. The molecule has 0 aromatic carbocycles. The highest BCUT2D eigenvalue weighted by molar-refractivity contribution is 5.59. The first-order chi connectivity index (χ1) is 8.55. The number of carbonyl (C=O) groups is 1. The standard InChI is InChI=1S/C15H30N2O/c1-5-15(6-2,13-18)12-17(4)11-14-7-9-16(3)10-8-14/h13-14H,5-12H2,1-4H3. The number of piperidine rings is 1. The molecular formula is C15H30N2O. The zero-order valence-corrected chi connectivity index (χ0v) is 12.6. The normalized spacial score (nSPS) is 19.4. The molecule has 1 saturated heterocycles. The van der Waals surface area contributed by atoms with Gasteiger partial charge in [-0.15, -0.1) is 0 Å². The molecule has 3 nitrogen and oxygen atoms in total. The number of likely N-dealkylation sites (tertiary alicyclic amines) is 1. The molecule has 0 radical (unpaired) electrons. The van der Waals surface area contributed by atoms with E-state index in [9.17, 15) is 4.79 Å². The number of hydrogen-bond donors (Lipinski definition) is 0. The molecule has 0 aromatic heterocycles. The van der Waals surface area contributed by atoms with Gasteiger partial charge in [0.1, 0.15) is 6.29 Å². The fourth-order valence-electron chi connectivity index (χ4n) is 2.97. The third-order valence-corrected chi connectivity index (χ3v) is 4.65. The molecule has 0 spiro atoms. The Morgan fingerprint density at radius 3 is 2.28 bits per heavy atom. The van der Waals surface area contributed by atoms with Gasteiger partial charge in [-0.05, 0) is 58.8 Å². The van der Waals surface area contributed by atoms with Crippen LogP contribution in [0.1, 0.15) is 39.5 Å². The molecule has 106 valence electrons. The fraction of sp³-hybridized carbons (Fsp3) is 0.933. The maximum atomic E-state index is 11.3. The fourth-order valence-corrected chi connectivity index (χ4v) is 2.97. The Kier molecular flexibility index (Phi) is 6.30. The van der Waals surface area contributed by atoms with E-state index in [1.807, 2.05) is 0 Å². The molecule has 1 aliphatic rings. The quantitative estimate of drug-likeness (QED) is 0.651. The minimum Gasteiger partial charge on any atom is -0.306 e. The van der Waals surface area contributed by atoms with Crippen LogP contribution in [0.3, 0.4) is 0 Å². The Morgan fingerprint density at radius 1 is 1.28 bits per heavy atom. The van der Waals surface area contributed by atoms with Crippen LogP contribution in [-0.2, 0) is 4.79 Å². The first kappa shape index (κ1) is 15.6. The third-order valence-electron chi connectivity index (χ3n) is 4.65. The second-order valence-corrected chi connectivity index (χ2v) is 6.13. The van der Waals surface area contributed by atoms with E-state index in [1.54, 1.807) is 0 Å². The lowest BCUT2D eigenvalue weighted by Crippen LogP contribution is -2.41. The summed E-state index contributed by atoms with van der Waals surface area (Å²) >= 11 is 0. The SMILES string of the molecule is CCC(C=O)(CC)CN(C)CC1CCN(C)CC1. The lowest BCUT2D eigenvalue weighted by molar-refractivity contribution is -0.117. The predicted octanol–water partition coefficient (Wildman–Crippen LogP) is 2.27. The molecule has 1 aliphatic heterocycles. The van der Waals surface area contributed by atoms with Crippen LogP contribution >= 0.6 is 0 Å². The first-order valence-corrected chi connectivity index (χ1v) is 7.38. The summed E-state index contributed by atoms with van der Waals surface area (Å²) in [5.74, 6) is 0.810. The molecule has 0 unspecified atom stereocenters. The van der Waals surface area contributed by atoms with E-state index in [-0.39, 0.29) is 5.41 Å². The van der Waals surface area contributed by atoms with Gasteiger partial charge in [-0.1, -0.05) is 13.8 Å². The number of rotatable bonds is 7. The van der Waals surface area contributed by atoms with Crippen molar-refractivity contribution in [1.82, 2.24) is 9.80 Å². The van der Waals surface area contributed by atoms with E-state index in [0.29, 0.717) is 0 Å². The van der Waals surface area contributed by atoms with Gasteiger partial charge >= 0.3 is 0 Å². The Bertz CT molecular complexity index is 243. The molecule has 1 rings (SSSR count). The maximum Gasteiger partial charge on any atom is 0.127 e. The molecule has 3 heteroatoms. The summed E-state index contributed by atoms with van der Waals surface area (Å²) in [5, 5.41) is 0. The van der Waals surface area contributed by atoms with Crippen LogP contribution in [0, 0.1) is 11.3 Å². The lowest BCUT2D eigenvalue weighted by atomic mass is 9.83.